The molecule has 3 amide bonds. The Morgan fingerprint density at radius 2 is 1.82 bits per heavy atom. The third-order valence-electron chi connectivity index (χ3n) is 5.25. The number of nitro groups is 1. The van der Waals surface area contributed by atoms with Gasteiger partial charge in [-0.2, -0.15) is 0 Å². The summed E-state index contributed by atoms with van der Waals surface area (Å²) >= 11 is 0. The third-order valence-corrected chi connectivity index (χ3v) is 5.25. The number of benzene rings is 2. The Kier molecular flexibility index (Phi) is 5.90. The van der Waals surface area contributed by atoms with Gasteiger partial charge in [0.15, 0.2) is 0 Å². The summed E-state index contributed by atoms with van der Waals surface area (Å²) in [5, 5.41) is 10.9. The lowest BCUT2D eigenvalue weighted by Gasteiger charge is -2.28. The second-order valence-corrected chi connectivity index (χ2v) is 7.36. The van der Waals surface area contributed by atoms with Gasteiger partial charge in [0.05, 0.1) is 17.0 Å². The van der Waals surface area contributed by atoms with Crippen LogP contribution in [0.3, 0.4) is 0 Å². The number of nitro benzene ring substituents is 1. The first-order valence-electron chi connectivity index (χ1n) is 9.92. The summed E-state index contributed by atoms with van der Waals surface area (Å²) < 4.78 is 13.3. The van der Waals surface area contributed by atoms with Gasteiger partial charge in [0, 0.05) is 36.6 Å². The highest BCUT2D eigenvalue weighted by molar-refractivity contribution is 6.23. The number of amides is 3. The Morgan fingerprint density at radius 3 is 2.42 bits per heavy atom. The lowest BCUT2D eigenvalue weighted by atomic mass is 10.1. The van der Waals surface area contributed by atoms with Crippen molar-refractivity contribution >= 4 is 29.1 Å². The van der Waals surface area contributed by atoms with E-state index in [1.807, 2.05) is 0 Å². The van der Waals surface area contributed by atoms with Gasteiger partial charge in [0.25, 0.3) is 17.5 Å². The normalized spacial score (nSPS) is 15.5. The molecule has 0 aliphatic carbocycles. The van der Waals surface area contributed by atoms with Gasteiger partial charge in [-0.05, 0) is 48.0 Å². The molecular weight excluding hydrogens is 431 g/mol. The Morgan fingerprint density at radius 1 is 1.12 bits per heavy atom. The smallest absolute Gasteiger partial charge is 0.269 e. The molecule has 4 rings (SSSR count). The lowest BCUT2D eigenvalue weighted by molar-refractivity contribution is -0.384. The molecule has 0 N–H and O–H groups in total. The van der Waals surface area contributed by atoms with Crippen molar-refractivity contribution in [3.8, 4) is 0 Å². The zero-order valence-electron chi connectivity index (χ0n) is 17.1. The fraction of sp³-hybridized carbons (Fsp3) is 0.130. The van der Waals surface area contributed by atoms with E-state index in [0.717, 1.165) is 17.0 Å². The number of carbonyl (C=O) groups is 3. The number of carbonyl (C=O) groups excluding carboxylic acids is 3. The zero-order valence-corrected chi connectivity index (χ0v) is 17.1. The van der Waals surface area contributed by atoms with Gasteiger partial charge < -0.3 is 4.90 Å². The van der Waals surface area contributed by atoms with Crippen LogP contribution in [-0.4, -0.2) is 38.6 Å². The highest BCUT2D eigenvalue weighted by Crippen LogP contribution is 2.28. The number of halogens is 1. The van der Waals surface area contributed by atoms with Crippen LogP contribution < -0.4 is 4.90 Å². The number of pyridine rings is 1. The minimum Gasteiger partial charge on any atom is -0.322 e. The van der Waals surface area contributed by atoms with Gasteiger partial charge in [-0.3, -0.25) is 29.5 Å². The Labute approximate surface area is 187 Å². The number of anilines is 1. The van der Waals surface area contributed by atoms with Gasteiger partial charge in [0.2, 0.25) is 5.91 Å². The monoisotopic (exact) mass is 448 g/mol. The minimum absolute atomic E-state index is 0.00932. The van der Waals surface area contributed by atoms with Gasteiger partial charge in [0.1, 0.15) is 11.9 Å². The van der Waals surface area contributed by atoms with E-state index in [0.29, 0.717) is 5.56 Å². The third kappa shape index (κ3) is 4.45. The van der Waals surface area contributed by atoms with Crippen LogP contribution in [0.5, 0.6) is 0 Å². The Balaban J connectivity index is 1.67. The molecule has 33 heavy (non-hydrogen) atoms. The van der Waals surface area contributed by atoms with Crippen molar-refractivity contribution in [2.45, 2.75) is 19.0 Å². The van der Waals surface area contributed by atoms with Gasteiger partial charge >= 0.3 is 0 Å². The molecule has 1 saturated heterocycles. The summed E-state index contributed by atoms with van der Waals surface area (Å²) in [4.78, 5) is 55.8. The predicted molar refractivity (Wildman–Crippen MR) is 115 cm³/mol. The number of hydrogen-bond donors (Lipinski definition) is 0. The van der Waals surface area contributed by atoms with Crippen LogP contribution in [0.2, 0.25) is 0 Å². The van der Waals surface area contributed by atoms with Gasteiger partial charge in [-0.15, -0.1) is 0 Å². The fourth-order valence-electron chi connectivity index (χ4n) is 3.62. The number of nitrogens with zero attached hydrogens (tertiary/aromatic N) is 4. The molecule has 0 spiro atoms. The molecule has 0 saturated carbocycles. The SMILES string of the molecule is O=C1CC(N(Cc2cccnc2)C(=O)c2ccc([N+](=O)[O-])cc2)C(=O)N1c1ccc(F)cc1. The summed E-state index contributed by atoms with van der Waals surface area (Å²) in [6, 6.07) is 12.2. The van der Waals surface area contributed by atoms with Crippen LogP contribution in [0.1, 0.15) is 22.3 Å². The first-order valence-corrected chi connectivity index (χ1v) is 9.92. The number of non-ortho nitro benzene ring substituents is 1. The largest absolute Gasteiger partial charge is 0.322 e. The van der Waals surface area contributed by atoms with E-state index in [1.165, 1.54) is 47.5 Å². The molecule has 2 aromatic carbocycles. The van der Waals surface area contributed by atoms with E-state index in [9.17, 15) is 28.9 Å². The number of imide groups is 1. The average molecular weight is 448 g/mol. The van der Waals surface area contributed by atoms with Crippen molar-refractivity contribution in [1.29, 1.82) is 0 Å². The van der Waals surface area contributed by atoms with E-state index in [-0.39, 0.29) is 29.9 Å². The minimum atomic E-state index is -1.11. The molecule has 1 fully saturated rings. The van der Waals surface area contributed by atoms with Crippen LogP contribution in [0.15, 0.2) is 73.1 Å². The van der Waals surface area contributed by atoms with Crippen molar-refractivity contribution in [1.82, 2.24) is 9.88 Å². The number of aromatic nitrogens is 1. The molecule has 1 aliphatic rings. The molecule has 9 nitrogen and oxygen atoms in total. The molecule has 0 radical (unpaired) electrons. The van der Waals surface area contributed by atoms with Crippen LogP contribution >= 0.6 is 0 Å². The van der Waals surface area contributed by atoms with E-state index in [1.54, 1.807) is 18.3 Å². The lowest BCUT2D eigenvalue weighted by Crippen LogP contribution is -2.45. The van der Waals surface area contributed by atoms with Crippen molar-refractivity contribution in [3.63, 3.8) is 0 Å². The van der Waals surface area contributed by atoms with E-state index < -0.39 is 34.5 Å². The maximum absolute atomic E-state index is 13.4. The van der Waals surface area contributed by atoms with Crippen LogP contribution in [0, 0.1) is 15.9 Å². The first-order chi connectivity index (χ1) is 15.8. The summed E-state index contributed by atoms with van der Waals surface area (Å²) in [5.74, 6) is -2.23. The summed E-state index contributed by atoms with van der Waals surface area (Å²) in [7, 11) is 0. The predicted octanol–water partition coefficient (Wildman–Crippen LogP) is 3.10. The Hall–Kier alpha value is -4.47. The molecular formula is C23H17FN4O5. The van der Waals surface area contributed by atoms with Crippen molar-refractivity contribution in [2.24, 2.45) is 0 Å². The van der Waals surface area contributed by atoms with E-state index >= 15 is 0 Å². The molecule has 1 unspecified atom stereocenters. The molecule has 3 aromatic rings. The second-order valence-electron chi connectivity index (χ2n) is 7.36. The van der Waals surface area contributed by atoms with Gasteiger partial charge in [-0.1, -0.05) is 6.07 Å². The number of rotatable bonds is 6. The fourth-order valence-corrected chi connectivity index (χ4v) is 3.62. The number of hydrogen-bond acceptors (Lipinski definition) is 6. The first kappa shape index (κ1) is 21.8. The molecule has 2 heterocycles. The molecule has 1 aromatic heterocycles. The Bertz CT molecular complexity index is 1220. The zero-order chi connectivity index (χ0) is 23.5. The van der Waals surface area contributed by atoms with Crippen LogP contribution in [-0.2, 0) is 16.1 Å². The van der Waals surface area contributed by atoms with E-state index in [2.05, 4.69) is 4.98 Å². The molecule has 1 atom stereocenters. The summed E-state index contributed by atoms with van der Waals surface area (Å²) in [5.41, 5.74) is 0.788. The molecule has 10 heteroatoms. The highest BCUT2D eigenvalue weighted by atomic mass is 19.1. The van der Waals surface area contributed by atoms with Crippen molar-refractivity contribution in [3.05, 3.63) is 100 Å². The molecule has 1 aliphatic heterocycles. The summed E-state index contributed by atoms with van der Waals surface area (Å²) in [6.07, 6.45) is 2.84. The maximum atomic E-state index is 13.4. The standard InChI is InChI=1S/C23H17FN4O5/c24-17-5-9-18(10-6-17)27-21(29)12-20(23(27)31)26(14-15-2-1-11-25-13-15)22(30)16-3-7-19(8-4-16)28(32)33/h1-11,13,20H,12,14H2. The van der Waals surface area contributed by atoms with Crippen molar-refractivity contribution in [2.75, 3.05) is 4.90 Å². The quantitative estimate of drug-likeness (QED) is 0.325. The van der Waals surface area contributed by atoms with E-state index in [4.69, 9.17) is 0 Å². The van der Waals surface area contributed by atoms with Crippen molar-refractivity contribution < 1.29 is 23.7 Å². The maximum Gasteiger partial charge on any atom is 0.269 e. The topological polar surface area (TPSA) is 114 Å². The van der Waals surface area contributed by atoms with Crippen LogP contribution in [0.25, 0.3) is 0 Å². The van der Waals surface area contributed by atoms with Gasteiger partial charge in [-0.25, -0.2) is 9.29 Å². The molecule has 0 bridgehead atoms. The second kappa shape index (κ2) is 8.95. The molecule has 166 valence electrons. The summed E-state index contributed by atoms with van der Waals surface area (Å²) in [6.45, 7) is -0.00932. The van der Waals surface area contributed by atoms with Crippen LogP contribution in [0.4, 0.5) is 15.8 Å². The highest BCUT2D eigenvalue weighted by Gasteiger charge is 2.44. The average Bonchev–Trinajstić information content (AvgIpc) is 3.12.